The average molecular weight is 460 g/mol. The summed E-state index contributed by atoms with van der Waals surface area (Å²) in [7, 11) is 0. The van der Waals surface area contributed by atoms with Gasteiger partial charge in [-0.1, -0.05) is 29.8 Å². The van der Waals surface area contributed by atoms with Crippen molar-refractivity contribution >= 4 is 47.8 Å². The smallest absolute Gasteiger partial charge is 0.144 e. The second kappa shape index (κ2) is 7.41. The van der Waals surface area contributed by atoms with Crippen LogP contribution in [0.2, 0.25) is 0 Å². The van der Waals surface area contributed by atoms with Crippen LogP contribution in [0.1, 0.15) is 38.3 Å². The van der Waals surface area contributed by atoms with E-state index in [4.69, 9.17) is 5.73 Å². The van der Waals surface area contributed by atoms with Crippen molar-refractivity contribution in [3.63, 3.8) is 0 Å². The third-order valence-electron chi connectivity index (χ3n) is 2.97. The minimum absolute atomic E-state index is 0.0877. The molecular formula is C13H18Br3NO2. The van der Waals surface area contributed by atoms with Gasteiger partial charge in [-0.05, 0) is 56.7 Å². The Bertz CT molecular complexity index is 452. The van der Waals surface area contributed by atoms with Gasteiger partial charge in [-0.15, -0.1) is 0 Å². The molecule has 0 bridgehead atoms. The summed E-state index contributed by atoms with van der Waals surface area (Å²) in [6.45, 7) is 4.21. The first-order chi connectivity index (χ1) is 8.75. The van der Waals surface area contributed by atoms with Crippen LogP contribution in [0.5, 0.6) is 5.75 Å². The molecule has 0 saturated heterocycles. The highest BCUT2D eigenvalue weighted by Gasteiger charge is 2.24. The van der Waals surface area contributed by atoms with Gasteiger partial charge in [0, 0.05) is 10.0 Å². The lowest BCUT2D eigenvalue weighted by molar-refractivity contribution is 0.127. The minimum Gasteiger partial charge on any atom is -0.506 e. The maximum absolute atomic E-state index is 10.2. The normalized spacial score (nSPS) is 14.7. The van der Waals surface area contributed by atoms with Crippen molar-refractivity contribution in [3.8, 4) is 5.75 Å². The molecule has 2 atom stereocenters. The Labute approximate surface area is 139 Å². The van der Waals surface area contributed by atoms with Gasteiger partial charge in [-0.3, -0.25) is 0 Å². The Balaban J connectivity index is 2.99. The van der Waals surface area contributed by atoms with Crippen LogP contribution in [-0.4, -0.2) is 16.3 Å². The Morgan fingerprint density at radius 1 is 1.16 bits per heavy atom. The predicted octanol–water partition coefficient (Wildman–Crippen LogP) is 4.48. The molecule has 1 aromatic rings. The van der Waals surface area contributed by atoms with Crippen molar-refractivity contribution in [1.29, 1.82) is 0 Å². The standard InChI is InChI=1S/C13H18Br3NO2/c1-6(2)3-4-9(18)12(17)10-7(14)5-8(15)13(19)11(10)16/h5-6,9,12,18-19H,3-4,17H2,1-2H3/t9-,12-/m1/s1. The molecule has 6 heteroatoms. The van der Waals surface area contributed by atoms with Crippen LogP contribution in [0, 0.1) is 5.92 Å². The molecule has 0 spiro atoms. The topological polar surface area (TPSA) is 66.5 Å². The van der Waals surface area contributed by atoms with Crippen LogP contribution in [0.3, 0.4) is 0 Å². The molecule has 0 aliphatic heterocycles. The van der Waals surface area contributed by atoms with Crippen molar-refractivity contribution in [2.45, 2.75) is 38.8 Å². The Morgan fingerprint density at radius 2 is 1.74 bits per heavy atom. The molecule has 4 N–H and O–H groups in total. The van der Waals surface area contributed by atoms with Crippen molar-refractivity contribution < 1.29 is 10.2 Å². The number of hydrogen-bond acceptors (Lipinski definition) is 3. The van der Waals surface area contributed by atoms with Gasteiger partial charge in [0.05, 0.1) is 21.1 Å². The van der Waals surface area contributed by atoms with E-state index in [1.165, 1.54) is 0 Å². The van der Waals surface area contributed by atoms with E-state index in [0.717, 1.165) is 10.9 Å². The Kier molecular flexibility index (Phi) is 6.79. The van der Waals surface area contributed by atoms with E-state index in [1.54, 1.807) is 6.07 Å². The molecule has 0 amide bonds. The zero-order valence-electron chi connectivity index (χ0n) is 10.8. The van der Waals surface area contributed by atoms with Crippen molar-refractivity contribution in [2.24, 2.45) is 11.7 Å². The molecule has 1 aromatic carbocycles. The average Bonchev–Trinajstić information content (AvgIpc) is 2.32. The zero-order chi connectivity index (χ0) is 14.7. The second-order valence-electron chi connectivity index (χ2n) is 4.98. The fraction of sp³-hybridized carbons (Fsp3) is 0.538. The lowest BCUT2D eigenvalue weighted by Gasteiger charge is -2.23. The lowest BCUT2D eigenvalue weighted by Crippen LogP contribution is -2.27. The second-order valence-corrected chi connectivity index (χ2v) is 7.48. The number of rotatable bonds is 5. The number of aromatic hydroxyl groups is 1. The van der Waals surface area contributed by atoms with Crippen LogP contribution in [0.4, 0.5) is 0 Å². The first-order valence-electron chi connectivity index (χ1n) is 6.05. The van der Waals surface area contributed by atoms with Gasteiger partial charge in [0.2, 0.25) is 0 Å². The third-order valence-corrected chi connectivity index (χ3v) is 5.03. The third kappa shape index (κ3) is 4.43. The molecule has 3 nitrogen and oxygen atoms in total. The SMILES string of the molecule is CC(C)CC[C@@H](O)[C@@H](N)c1c(Br)cc(Br)c(O)c1Br. The number of halogens is 3. The molecule has 19 heavy (non-hydrogen) atoms. The highest BCUT2D eigenvalue weighted by molar-refractivity contribution is 9.11. The van der Waals surface area contributed by atoms with Crippen LogP contribution < -0.4 is 5.73 Å². The minimum atomic E-state index is -0.643. The highest BCUT2D eigenvalue weighted by atomic mass is 79.9. The van der Waals surface area contributed by atoms with E-state index >= 15 is 0 Å². The van der Waals surface area contributed by atoms with E-state index in [9.17, 15) is 10.2 Å². The van der Waals surface area contributed by atoms with Gasteiger partial charge in [0.25, 0.3) is 0 Å². The fourth-order valence-corrected chi connectivity index (χ4v) is 4.43. The molecule has 0 aliphatic rings. The van der Waals surface area contributed by atoms with Gasteiger partial charge in [0.1, 0.15) is 5.75 Å². The number of aliphatic hydroxyl groups excluding tert-OH is 1. The molecule has 108 valence electrons. The molecule has 0 fully saturated rings. The number of benzene rings is 1. The van der Waals surface area contributed by atoms with E-state index < -0.39 is 12.1 Å². The summed E-state index contributed by atoms with van der Waals surface area (Å²) in [6.07, 6.45) is 0.900. The summed E-state index contributed by atoms with van der Waals surface area (Å²) in [4.78, 5) is 0. The fourth-order valence-electron chi connectivity index (χ4n) is 1.78. The lowest BCUT2D eigenvalue weighted by atomic mass is 9.96. The molecule has 0 heterocycles. The van der Waals surface area contributed by atoms with E-state index in [1.807, 2.05) is 0 Å². The summed E-state index contributed by atoms with van der Waals surface area (Å²) >= 11 is 10.0. The van der Waals surface area contributed by atoms with Crippen LogP contribution >= 0.6 is 47.8 Å². The first kappa shape index (κ1) is 17.4. The summed E-state index contributed by atoms with van der Waals surface area (Å²) in [6, 6.07) is 1.17. The van der Waals surface area contributed by atoms with Crippen molar-refractivity contribution in [3.05, 3.63) is 25.0 Å². The largest absolute Gasteiger partial charge is 0.506 e. The highest BCUT2D eigenvalue weighted by Crippen LogP contribution is 2.42. The molecular weight excluding hydrogens is 442 g/mol. The van der Waals surface area contributed by atoms with Crippen molar-refractivity contribution in [2.75, 3.05) is 0 Å². The van der Waals surface area contributed by atoms with Crippen LogP contribution in [0.25, 0.3) is 0 Å². The Hall–Kier alpha value is 0.380. The first-order valence-corrected chi connectivity index (χ1v) is 8.43. The van der Waals surface area contributed by atoms with Crippen molar-refractivity contribution in [1.82, 2.24) is 0 Å². The maximum Gasteiger partial charge on any atom is 0.144 e. The summed E-state index contributed by atoms with van der Waals surface area (Å²) in [5, 5.41) is 20.1. The monoisotopic (exact) mass is 457 g/mol. The van der Waals surface area contributed by atoms with Gasteiger partial charge in [-0.2, -0.15) is 0 Å². The van der Waals surface area contributed by atoms with Gasteiger partial charge < -0.3 is 15.9 Å². The number of phenolic OH excluding ortho intramolecular Hbond substituents is 1. The van der Waals surface area contributed by atoms with Gasteiger partial charge >= 0.3 is 0 Å². The Morgan fingerprint density at radius 3 is 2.26 bits per heavy atom. The number of phenols is 1. The van der Waals surface area contributed by atoms with E-state index in [0.29, 0.717) is 26.8 Å². The van der Waals surface area contributed by atoms with Crippen LogP contribution in [0.15, 0.2) is 19.5 Å². The quantitative estimate of drug-likeness (QED) is 0.608. The maximum atomic E-state index is 10.2. The molecule has 0 aromatic heterocycles. The van der Waals surface area contributed by atoms with E-state index in [-0.39, 0.29) is 5.75 Å². The van der Waals surface area contributed by atoms with E-state index in [2.05, 4.69) is 61.6 Å². The van der Waals surface area contributed by atoms with Crippen LogP contribution in [-0.2, 0) is 0 Å². The summed E-state index contributed by atoms with van der Waals surface area (Å²) < 4.78 is 1.82. The number of hydrogen-bond donors (Lipinski definition) is 3. The van der Waals surface area contributed by atoms with Gasteiger partial charge in [-0.25, -0.2) is 0 Å². The number of nitrogens with two attached hydrogens (primary N) is 1. The molecule has 1 rings (SSSR count). The molecule has 0 aliphatic carbocycles. The molecule has 0 radical (unpaired) electrons. The molecule has 0 unspecified atom stereocenters. The predicted molar refractivity (Wildman–Crippen MR) is 88.2 cm³/mol. The summed E-state index contributed by atoms with van der Waals surface area (Å²) in [5.74, 6) is 0.608. The summed E-state index contributed by atoms with van der Waals surface area (Å²) in [5.41, 5.74) is 6.79. The van der Waals surface area contributed by atoms with Gasteiger partial charge in [0.15, 0.2) is 0 Å². The number of aliphatic hydroxyl groups is 1. The molecule has 0 saturated carbocycles. The zero-order valence-corrected chi connectivity index (χ0v) is 15.6.